The van der Waals surface area contributed by atoms with E-state index in [1.54, 1.807) is 6.07 Å². The van der Waals surface area contributed by atoms with E-state index in [1.165, 1.54) is 18.2 Å². The summed E-state index contributed by atoms with van der Waals surface area (Å²) in [6.45, 7) is 0. The number of aromatic nitrogens is 1. The molecule has 0 unspecified atom stereocenters. The Morgan fingerprint density at radius 3 is 2.64 bits per heavy atom. The highest BCUT2D eigenvalue weighted by Gasteiger charge is 2.15. The molecule has 0 aliphatic carbocycles. The predicted octanol–water partition coefficient (Wildman–Crippen LogP) is 4.50. The maximum absolute atomic E-state index is 13.0. The summed E-state index contributed by atoms with van der Waals surface area (Å²) in [6.07, 6.45) is 0. The average molecular weight is 361 g/mol. The van der Waals surface area contributed by atoms with E-state index in [1.807, 2.05) is 30.3 Å². The van der Waals surface area contributed by atoms with Gasteiger partial charge in [0, 0.05) is 16.1 Å². The highest BCUT2D eigenvalue weighted by molar-refractivity contribution is 9.10. The van der Waals surface area contributed by atoms with Crippen LogP contribution in [0.4, 0.5) is 10.1 Å². The lowest BCUT2D eigenvalue weighted by Crippen LogP contribution is -2.11. The lowest BCUT2D eigenvalue weighted by Gasteiger charge is -2.04. The Balaban J connectivity index is 1.80. The fraction of sp³-hybridized carbons (Fsp3) is 0. The maximum atomic E-state index is 13.0. The molecule has 1 amide bonds. The van der Waals surface area contributed by atoms with Gasteiger partial charge in [0.2, 0.25) is 5.76 Å². The number of anilines is 1. The molecule has 4 nitrogen and oxygen atoms in total. The van der Waals surface area contributed by atoms with E-state index in [0.717, 1.165) is 5.56 Å². The van der Waals surface area contributed by atoms with Gasteiger partial charge in [-0.2, -0.15) is 0 Å². The van der Waals surface area contributed by atoms with Crippen LogP contribution >= 0.6 is 15.9 Å². The Morgan fingerprint density at radius 1 is 1.14 bits per heavy atom. The number of benzene rings is 2. The number of rotatable bonds is 3. The van der Waals surface area contributed by atoms with Crippen molar-refractivity contribution >= 4 is 27.5 Å². The zero-order chi connectivity index (χ0) is 15.5. The van der Waals surface area contributed by atoms with Gasteiger partial charge in [-0.3, -0.25) is 4.79 Å². The van der Waals surface area contributed by atoms with Crippen LogP contribution in [0.15, 0.2) is 63.6 Å². The third kappa shape index (κ3) is 3.07. The first-order valence-electron chi connectivity index (χ1n) is 6.42. The van der Waals surface area contributed by atoms with Crippen molar-refractivity contribution in [1.82, 2.24) is 5.16 Å². The summed E-state index contributed by atoms with van der Waals surface area (Å²) in [6, 6.07) is 14.9. The van der Waals surface area contributed by atoms with Gasteiger partial charge in [0.05, 0.1) is 5.69 Å². The summed E-state index contributed by atoms with van der Waals surface area (Å²) in [4.78, 5) is 12.1. The van der Waals surface area contributed by atoms with Crippen molar-refractivity contribution < 1.29 is 13.7 Å². The molecule has 0 aliphatic rings. The Morgan fingerprint density at radius 2 is 1.91 bits per heavy atom. The minimum absolute atomic E-state index is 0.0788. The molecule has 0 fully saturated rings. The number of nitrogens with one attached hydrogen (secondary N) is 1. The van der Waals surface area contributed by atoms with Crippen molar-refractivity contribution in [1.29, 1.82) is 0 Å². The number of halogens is 2. The van der Waals surface area contributed by atoms with Crippen molar-refractivity contribution in [3.63, 3.8) is 0 Å². The van der Waals surface area contributed by atoms with E-state index in [2.05, 4.69) is 26.4 Å². The number of hydrogen-bond acceptors (Lipinski definition) is 3. The summed E-state index contributed by atoms with van der Waals surface area (Å²) in [5.74, 6) is -0.770. The molecule has 0 aliphatic heterocycles. The highest BCUT2D eigenvalue weighted by Crippen LogP contribution is 2.24. The molecule has 22 heavy (non-hydrogen) atoms. The molecule has 3 rings (SSSR count). The molecule has 110 valence electrons. The highest BCUT2D eigenvalue weighted by atomic mass is 79.9. The van der Waals surface area contributed by atoms with Crippen molar-refractivity contribution in [3.8, 4) is 11.3 Å². The summed E-state index contributed by atoms with van der Waals surface area (Å²) in [7, 11) is 0. The van der Waals surface area contributed by atoms with Crippen molar-refractivity contribution in [2.24, 2.45) is 0 Å². The van der Waals surface area contributed by atoms with Crippen LogP contribution in [0.1, 0.15) is 10.6 Å². The standard InChI is InChI=1S/C16H10BrFN2O2/c17-12-8-11(18)6-7-13(12)19-16(21)15-9-14(20-22-15)10-4-2-1-3-5-10/h1-9H,(H,19,21). The van der Waals surface area contributed by atoms with Gasteiger partial charge in [0.25, 0.3) is 5.91 Å². The smallest absolute Gasteiger partial charge is 0.294 e. The second kappa shape index (κ2) is 6.11. The zero-order valence-corrected chi connectivity index (χ0v) is 12.8. The molecule has 0 bridgehead atoms. The first-order chi connectivity index (χ1) is 10.6. The van der Waals surface area contributed by atoms with Crippen LogP contribution in [0.25, 0.3) is 11.3 Å². The van der Waals surface area contributed by atoms with Crippen LogP contribution in [-0.4, -0.2) is 11.1 Å². The second-order valence-electron chi connectivity index (χ2n) is 4.52. The summed E-state index contributed by atoms with van der Waals surface area (Å²) < 4.78 is 18.5. The molecule has 2 aromatic carbocycles. The van der Waals surface area contributed by atoms with Gasteiger partial charge in [-0.1, -0.05) is 35.5 Å². The average Bonchev–Trinajstić information content (AvgIpc) is 3.01. The topological polar surface area (TPSA) is 55.1 Å². The fourth-order valence-electron chi connectivity index (χ4n) is 1.90. The van der Waals surface area contributed by atoms with E-state index in [4.69, 9.17) is 4.52 Å². The summed E-state index contributed by atoms with van der Waals surface area (Å²) in [5.41, 5.74) is 1.88. The zero-order valence-electron chi connectivity index (χ0n) is 11.2. The molecule has 0 radical (unpaired) electrons. The van der Waals surface area contributed by atoms with Crippen LogP contribution in [-0.2, 0) is 0 Å². The first-order valence-corrected chi connectivity index (χ1v) is 7.21. The van der Waals surface area contributed by atoms with E-state index in [0.29, 0.717) is 15.9 Å². The Kier molecular flexibility index (Phi) is 4.02. The summed E-state index contributed by atoms with van der Waals surface area (Å²) in [5, 5.41) is 6.51. The normalized spacial score (nSPS) is 10.5. The monoisotopic (exact) mass is 360 g/mol. The molecule has 1 aromatic heterocycles. The molecule has 0 spiro atoms. The maximum Gasteiger partial charge on any atom is 0.294 e. The Labute approximate surface area is 134 Å². The molecular weight excluding hydrogens is 351 g/mol. The number of nitrogens with zero attached hydrogens (tertiary/aromatic N) is 1. The molecular formula is C16H10BrFN2O2. The first kappa shape index (κ1) is 14.5. The van der Waals surface area contributed by atoms with Crippen LogP contribution < -0.4 is 5.32 Å². The van der Waals surface area contributed by atoms with E-state index >= 15 is 0 Å². The molecule has 0 saturated heterocycles. The Bertz CT molecular complexity index is 818. The molecule has 0 atom stereocenters. The quantitative estimate of drug-likeness (QED) is 0.748. The molecule has 0 saturated carbocycles. The summed E-state index contributed by atoms with van der Waals surface area (Å²) >= 11 is 3.19. The van der Waals surface area contributed by atoms with Crippen LogP contribution in [0.5, 0.6) is 0 Å². The number of carbonyl (C=O) groups is 1. The molecule has 1 N–H and O–H groups in total. The van der Waals surface area contributed by atoms with Crippen LogP contribution in [0.3, 0.4) is 0 Å². The number of carbonyl (C=O) groups excluding carboxylic acids is 1. The second-order valence-corrected chi connectivity index (χ2v) is 5.38. The van der Waals surface area contributed by atoms with E-state index < -0.39 is 11.7 Å². The van der Waals surface area contributed by atoms with Gasteiger partial charge in [-0.15, -0.1) is 0 Å². The van der Waals surface area contributed by atoms with Gasteiger partial charge in [-0.25, -0.2) is 4.39 Å². The van der Waals surface area contributed by atoms with Gasteiger partial charge >= 0.3 is 0 Å². The Hall–Kier alpha value is -2.47. The number of amides is 1. The van der Waals surface area contributed by atoms with Crippen molar-refractivity contribution in [3.05, 3.63) is 70.6 Å². The fourth-order valence-corrected chi connectivity index (χ4v) is 2.35. The SMILES string of the molecule is O=C(Nc1ccc(F)cc1Br)c1cc(-c2ccccc2)no1. The largest absolute Gasteiger partial charge is 0.350 e. The van der Waals surface area contributed by atoms with Gasteiger partial charge in [0.15, 0.2) is 0 Å². The van der Waals surface area contributed by atoms with E-state index in [-0.39, 0.29) is 5.76 Å². The lowest BCUT2D eigenvalue weighted by atomic mass is 10.1. The molecule has 1 heterocycles. The van der Waals surface area contributed by atoms with Gasteiger partial charge in [-0.05, 0) is 34.1 Å². The predicted molar refractivity (Wildman–Crippen MR) is 84.0 cm³/mol. The van der Waals surface area contributed by atoms with Gasteiger partial charge in [0.1, 0.15) is 11.5 Å². The van der Waals surface area contributed by atoms with Crippen LogP contribution in [0.2, 0.25) is 0 Å². The number of hydrogen-bond donors (Lipinski definition) is 1. The third-order valence-corrected chi connectivity index (χ3v) is 3.64. The molecule has 3 aromatic rings. The van der Waals surface area contributed by atoms with E-state index in [9.17, 15) is 9.18 Å². The van der Waals surface area contributed by atoms with Crippen LogP contribution in [0, 0.1) is 5.82 Å². The lowest BCUT2D eigenvalue weighted by molar-refractivity contribution is 0.0988. The molecule has 6 heteroatoms. The van der Waals surface area contributed by atoms with Crippen molar-refractivity contribution in [2.75, 3.05) is 5.32 Å². The van der Waals surface area contributed by atoms with Gasteiger partial charge < -0.3 is 9.84 Å². The third-order valence-electron chi connectivity index (χ3n) is 2.98. The minimum Gasteiger partial charge on any atom is -0.350 e. The minimum atomic E-state index is -0.456. The van der Waals surface area contributed by atoms with Crippen molar-refractivity contribution in [2.45, 2.75) is 0 Å².